The Morgan fingerprint density at radius 2 is 1.76 bits per heavy atom. The number of carbonyl (C=O) groups excluding carboxylic acids is 1. The van der Waals surface area contributed by atoms with Crippen LogP contribution in [0.5, 0.6) is 0 Å². The summed E-state index contributed by atoms with van der Waals surface area (Å²) in [5.41, 5.74) is 3.87. The molecule has 1 atom stereocenters. The van der Waals surface area contributed by atoms with Crippen LogP contribution in [0.3, 0.4) is 0 Å². The zero-order chi connectivity index (χ0) is 23.4. The average molecular weight is 461 g/mol. The molecule has 0 saturated carbocycles. The minimum absolute atomic E-state index is 0.0806. The summed E-state index contributed by atoms with van der Waals surface area (Å²) in [5, 5.41) is 8.23. The fourth-order valence-electron chi connectivity index (χ4n) is 3.87. The predicted octanol–water partition coefficient (Wildman–Crippen LogP) is 4.43. The molecule has 7 heteroatoms. The van der Waals surface area contributed by atoms with Crippen molar-refractivity contribution < 1.29 is 4.79 Å². The molecule has 1 amide bonds. The summed E-state index contributed by atoms with van der Waals surface area (Å²) in [6.07, 6.45) is 0.983. The van der Waals surface area contributed by atoms with E-state index in [1.54, 1.807) is 20.7 Å². The number of aryl methyl sites for hydroxylation is 1. The minimum Gasteiger partial charge on any atom is -0.319 e. The van der Waals surface area contributed by atoms with Gasteiger partial charge in [-0.15, -0.1) is 11.3 Å². The van der Waals surface area contributed by atoms with E-state index in [-0.39, 0.29) is 24.1 Å². The maximum absolute atomic E-state index is 13.1. The first kappa shape index (κ1) is 22.8. The molecule has 6 nitrogen and oxygen atoms in total. The molecular formula is C26H28N4O2S. The van der Waals surface area contributed by atoms with Gasteiger partial charge in [0, 0.05) is 11.9 Å². The number of para-hydroxylation sites is 1. The number of benzene rings is 2. The maximum Gasteiger partial charge on any atom is 0.295 e. The van der Waals surface area contributed by atoms with Crippen LogP contribution < -0.4 is 16.2 Å². The molecule has 0 aliphatic carbocycles. The second-order valence-corrected chi connectivity index (χ2v) is 8.89. The van der Waals surface area contributed by atoms with Gasteiger partial charge in [0.25, 0.3) is 5.56 Å². The number of rotatable bonds is 8. The van der Waals surface area contributed by atoms with E-state index in [0.717, 1.165) is 22.5 Å². The van der Waals surface area contributed by atoms with Crippen LogP contribution in [-0.4, -0.2) is 21.8 Å². The lowest BCUT2D eigenvalue weighted by Crippen LogP contribution is -2.33. The van der Waals surface area contributed by atoms with Gasteiger partial charge in [0.15, 0.2) is 0 Å². The summed E-state index contributed by atoms with van der Waals surface area (Å²) in [6.45, 7) is 4.04. The first-order valence-corrected chi connectivity index (χ1v) is 11.9. The van der Waals surface area contributed by atoms with Gasteiger partial charge in [-0.2, -0.15) is 0 Å². The molecule has 0 aliphatic heterocycles. The third-order valence-electron chi connectivity index (χ3n) is 5.83. The Morgan fingerprint density at radius 3 is 2.39 bits per heavy atom. The van der Waals surface area contributed by atoms with Gasteiger partial charge in [-0.3, -0.25) is 19.6 Å². The highest BCUT2D eigenvalue weighted by molar-refractivity contribution is 7.10. The Bertz CT molecular complexity index is 1270. The highest BCUT2D eigenvalue weighted by Crippen LogP contribution is 2.26. The summed E-state index contributed by atoms with van der Waals surface area (Å²) in [4.78, 5) is 27.0. The minimum atomic E-state index is -0.257. The van der Waals surface area contributed by atoms with Crippen molar-refractivity contribution >= 4 is 22.9 Å². The predicted molar refractivity (Wildman–Crippen MR) is 134 cm³/mol. The molecule has 0 aliphatic rings. The van der Waals surface area contributed by atoms with E-state index in [1.807, 2.05) is 55.7 Å². The van der Waals surface area contributed by atoms with Crippen LogP contribution in [0, 0.1) is 6.92 Å². The van der Waals surface area contributed by atoms with Crippen molar-refractivity contribution in [2.75, 3.05) is 11.9 Å². The topological polar surface area (TPSA) is 68.1 Å². The van der Waals surface area contributed by atoms with Crippen molar-refractivity contribution in [3.05, 3.63) is 104 Å². The molecule has 33 heavy (non-hydrogen) atoms. The molecule has 4 aromatic rings. The van der Waals surface area contributed by atoms with Gasteiger partial charge < -0.3 is 5.32 Å². The zero-order valence-corrected chi connectivity index (χ0v) is 19.9. The first-order chi connectivity index (χ1) is 16.0. The summed E-state index contributed by atoms with van der Waals surface area (Å²) in [6, 6.07) is 21.8. The number of thiophene rings is 1. The van der Waals surface area contributed by atoms with Gasteiger partial charge in [0.05, 0.1) is 24.0 Å². The fourth-order valence-corrected chi connectivity index (χ4v) is 4.70. The molecule has 0 unspecified atom stereocenters. The SMILES string of the molecule is CCc1ccc([C@@H](NCC(=O)Nc2c(C)n(C)n(-c3ccccc3)c2=O)c2cccs2)cc1. The smallest absolute Gasteiger partial charge is 0.295 e. The number of anilines is 1. The second kappa shape index (κ2) is 10.0. The quantitative estimate of drug-likeness (QED) is 0.409. The average Bonchev–Trinajstić information content (AvgIpc) is 3.44. The van der Waals surface area contributed by atoms with Gasteiger partial charge in [-0.1, -0.05) is 55.5 Å². The largest absolute Gasteiger partial charge is 0.319 e. The summed E-state index contributed by atoms with van der Waals surface area (Å²) in [7, 11) is 1.81. The van der Waals surface area contributed by atoms with Crippen molar-refractivity contribution in [1.82, 2.24) is 14.7 Å². The lowest BCUT2D eigenvalue weighted by Gasteiger charge is -2.18. The normalized spacial score (nSPS) is 12.0. The van der Waals surface area contributed by atoms with E-state index in [0.29, 0.717) is 11.4 Å². The number of hydrogen-bond acceptors (Lipinski definition) is 4. The maximum atomic E-state index is 13.1. The molecule has 2 heterocycles. The number of nitrogens with zero attached hydrogens (tertiary/aromatic N) is 2. The highest BCUT2D eigenvalue weighted by Gasteiger charge is 2.20. The zero-order valence-electron chi connectivity index (χ0n) is 19.0. The molecule has 0 fully saturated rings. The summed E-state index contributed by atoms with van der Waals surface area (Å²) < 4.78 is 3.31. The molecule has 4 rings (SSSR count). The monoisotopic (exact) mass is 460 g/mol. The molecule has 0 bridgehead atoms. The van der Waals surface area contributed by atoms with Crippen molar-refractivity contribution in [3.8, 4) is 5.69 Å². The van der Waals surface area contributed by atoms with Crippen LogP contribution >= 0.6 is 11.3 Å². The van der Waals surface area contributed by atoms with Crippen molar-refractivity contribution in [3.63, 3.8) is 0 Å². The van der Waals surface area contributed by atoms with E-state index < -0.39 is 0 Å². The molecule has 0 radical (unpaired) electrons. The van der Waals surface area contributed by atoms with Crippen LogP contribution in [-0.2, 0) is 18.3 Å². The van der Waals surface area contributed by atoms with Gasteiger partial charge in [-0.25, -0.2) is 4.68 Å². The molecule has 0 spiro atoms. The van der Waals surface area contributed by atoms with Crippen LogP contribution in [0.2, 0.25) is 0 Å². The van der Waals surface area contributed by atoms with Crippen molar-refractivity contribution in [2.24, 2.45) is 7.05 Å². The molecule has 2 N–H and O–H groups in total. The van der Waals surface area contributed by atoms with Crippen LogP contribution in [0.25, 0.3) is 5.69 Å². The van der Waals surface area contributed by atoms with E-state index in [1.165, 1.54) is 5.56 Å². The number of amides is 1. The molecule has 0 saturated heterocycles. The lowest BCUT2D eigenvalue weighted by molar-refractivity contribution is -0.115. The van der Waals surface area contributed by atoms with Gasteiger partial charge in [0.2, 0.25) is 5.91 Å². The van der Waals surface area contributed by atoms with E-state index >= 15 is 0 Å². The van der Waals surface area contributed by atoms with Crippen LogP contribution in [0.1, 0.15) is 34.7 Å². The van der Waals surface area contributed by atoms with Crippen LogP contribution in [0.4, 0.5) is 5.69 Å². The standard InChI is InChI=1S/C26H28N4O2S/c1-4-19-12-14-20(15-13-19)25(22-11-8-16-33-22)27-17-23(31)28-24-18(2)29(3)30(26(24)32)21-9-6-5-7-10-21/h5-16,25,27H,4,17H2,1-3H3,(H,28,31)/t25-/m1/s1. The van der Waals surface area contributed by atoms with Gasteiger partial charge in [0.1, 0.15) is 5.69 Å². The summed E-state index contributed by atoms with van der Waals surface area (Å²) >= 11 is 1.65. The Labute approximate surface area is 197 Å². The first-order valence-electron chi connectivity index (χ1n) is 11.0. The molecular weight excluding hydrogens is 432 g/mol. The highest BCUT2D eigenvalue weighted by atomic mass is 32.1. The molecule has 2 aromatic carbocycles. The molecule has 2 aromatic heterocycles. The van der Waals surface area contributed by atoms with Gasteiger partial charge in [-0.05, 0) is 48.1 Å². The lowest BCUT2D eigenvalue weighted by atomic mass is 10.0. The Morgan fingerprint density at radius 1 is 1.03 bits per heavy atom. The van der Waals surface area contributed by atoms with Crippen LogP contribution in [0.15, 0.2) is 76.9 Å². The molecule has 170 valence electrons. The Balaban J connectivity index is 1.52. The third kappa shape index (κ3) is 4.84. The Hall–Kier alpha value is -3.42. The Kier molecular flexibility index (Phi) is 6.91. The van der Waals surface area contributed by atoms with Crippen molar-refractivity contribution in [1.29, 1.82) is 0 Å². The summed E-state index contributed by atoms with van der Waals surface area (Å²) in [5.74, 6) is -0.257. The van der Waals surface area contributed by atoms with Crippen molar-refractivity contribution in [2.45, 2.75) is 26.3 Å². The fraction of sp³-hybridized carbons (Fsp3) is 0.231. The van der Waals surface area contributed by atoms with E-state index in [9.17, 15) is 9.59 Å². The second-order valence-electron chi connectivity index (χ2n) is 7.91. The number of carbonyl (C=O) groups is 1. The van der Waals surface area contributed by atoms with E-state index in [4.69, 9.17) is 0 Å². The third-order valence-corrected chi connectivity index (χ3v) is 6.77. The number of nitrogens with one attached hydrogen (secondary N) is 2. The number of aromatic nitrogens is 2. The number of hydrogen-bond donors (Lipinski definition) is 2. The van der Waals surface area contributed by atoms with Gasteiger partial charge >= 0.3 is 0 Å². The van der Waals surface area contributed by atoms with E-state index in [2.05, 4.69) is 47.9 Å².